The molecule has 7 heteroatoms. The first kappa shape index (κ1) is 19.8. The second-order valence-corrected chi connectivity index (χ2v) is 9.03. The average molecular weight is 429 g/mol. The van der Waals surface area contributed by atoms with Crippen molar-refractivity contribution in [2.24, 2.45) is 5.92 Å². The molecule has 0 spiro atoms. The third kappa shape index (κ3) is 4.57. The van der Waals surface area contributed by atoms with Gasteiger partial charge in [-0.05, 0) is 60.0 Å². The van der Waals surface area contributed by atoms with Gasteiger partial charge < -0.3 is 9.80 Å². The molecule has 0 saturated carbocycles. The van der Waals surface area contributed by atoms with Crippen molar-refractivity contribution >= 4 is 40.2 Å². The van der Waals surface area contributed by atoms with Gasteiger partial charge in [0.15, 0.2) is 0 Å². The summed E-state index contributed by atoms with van der Waals surface area (Å²) >= 11 is 3.01. The number of likely N-dealkylation sites (tertiary alicyclic amines) is 1. The molecule has 1 aliphatic rings. The summed E-state index contributed by atoms with van der Waals surface area (Å²) in [6.45, 7) is 1.52. The summed E-state index contributed by atoms with van der Waals surface area (Å²) in [5.74, 6) is -0.627. The van der Waals surface area contributed by atoms with E-state index in [1.54, 1.807) is 33.3 Å². The number of rotatable bonds is 5. The van der Waals surface area contributed by atoms with Gasteiger partial charge in [-0.25, -0.2) is 4.39 Å². The van der Waals surface area contributed by atoms with Crippen molar-refractivity contribution in [3.63, 3.8) is 0 Å². The minimum Gasteiger partial charge on any atom is -0.337 e. The maximum Gasteiger partial charge on any atom is 0.263 e. The summed E-state index contributed by atoms with van der Waals surface area (Å²) in [6.07, 6.45) is 1.54. The lowest BCUT2D eigenvalue weighted by molar-refractivity contribution is -0.123. The van der Waals surface area contributed by atoms with Crippen molar-refractivity contribution in [1.82, 2.24) is 4.90 Å². The number of hydrogen-bond acceptors (Lipinski definition) is 4. The molecule has 1 fully saturated rings. The quantitative estimate of drug-likeness (QED) is 0.572. The standard InChI is InChI=1S/C22H21FN2O2S2/c23-17-7-9-18(10-8-17)25(15-19-5-2-12-28-19)21(26)16-4-1-11-24(14-16)22(27)20-6-3-13-29-20/h2-3,5-10,12-13,16H,1,4,11,14-15H2. The molecule has 4 nitrogen and oxygen atoms in total. The molecule has 2 amide bonds. The van der Waals surface area contributed by atoms with Crippen LogP contribution in [-0.4, -0.2) is 29.8 Å². The maximum absolute atomic E-state index is 13.5. The Hall–Kier alpha value is -2.51. The lowest BCUT2D eigenvalue weighted by Crippen LogP contribution is -2.46. The second kappa shape index (κ2) is 8.88. The first-order valence-electron chi connectivity index (χ1n) is 9.54. The minimum absolute atomic E-state index is 0.0101. The van der Waals surface area contributed by atoms with Gasteiger partial charge in [0.1, 0.15) is 5.82 Å². The fourth-order valence-electron chi connectivity index (χ4n) is 3.62. The highest BCUT2D eigenvalue weighted by Crippen LogP contribution is 2.27. The molecular formula is C22H21FN2O2S2. The SMILES string of the molecule is O=C(c1cccs1)N1CCCC(C(=O)N(Cc2cccs2)c2ccc(F)cc2)C1. The van der Waals surface area contributed by atoms with E-state index >= 15 is 0 Å². The van der Waals surface area contributed by atoms with Gasteiger partial charge in [-0.3, -0.25) is 9.59 Å². The lowest BCUT2D eigenvalue weighted by Gasteiger charge is -2.35. The van der Waals surface area contributed by atoms with E-state index < -0.39 is 0 Å². The fourth-order valence-corrected chi connectivity index (χ4v) is 5.00. The predicted molar refractivity (Wildman–Crippen MR) is 115 cm³/mol. The first-order valence-corrected chi connectivity index (χ1v) is 11.3. The predicted octanol–water partition coefficient (Wildman–Crippen LogP) is 5.03. The molecule has 0 bridgehead atoms. The van der Waals surface area contributed by atoms with Gasteiger partial charge in [-0.15, -0.1) is 22.7 Å². The normalized spacial score (nSPS) is 16.6. The van der Waals surface area contributed by atoms with Crippen molar-refractivity contribution < 1.29 is 14.0 Å². The second-order valence-electron chi connectivity index (χ2n) is 7.05. The van der Waals surface area contributed by atoms with Crippen LogP contribution in [0.3, 0.4) is 0 Å². The Morgan fingerprint density at radius 3 is 2.52 bits per heavy atom. The Kier molecular flexibility index (Phi) is 6.06. The minimum atomic E-state index is -0.331. The molecule has 1 saturated heterocycles. The van der Waals surface area contributed by atoms with Crippen LogP contribution in [0.25, 0.3) is 0 Å². The topological polar surface area (TPSA) is 40.6 Å². The van der Waals surface area contributed by atoms with E-state index in [0.717, 1.165) is 17.7 Å². The zero-order valence-electron chi connectivity index (χ0n) is 15.8. The number of thiophene rings is 2. The van der Waals surface area contributed by atoms with Crippen molar-refractivity contribution in [3.05, 3.63) is 74.9 Å². The zero-order valence-corrected chi connectivity index (χ0v) is 17.4. The van der Waals surface area contributed by atoms with Crippen LogP contribution in [0.4, 0.5) is 10.1 Å². The summed E-state index contributed by atoms with van der Waals surface area (Å²) in [4.78, 5) is 31.5. The van der Waals surface area contributed by atoms with Crippen LogP contribution >= 0.6 is 22.7 Å². The van der Waals surface area contributed by atoms with E-state index in [4.69, 9.17) is 0 Å². The molecule has 2 aromatic heterocycles. The molecule has 150 valence electrons. The van der Waals surface area contributed by atoms with E-state index in [9.17, 15) is 14.0 Å². The van der Waals surface area contributed by atoms with Crippen molar-refractivity contribution in [3.8, 4) is 0 Å². The number of anilines is 1. The highest BCUT2D eigenvalue weighted by atomic mass is 32.1. The van der Waals surface area contributed by atoms with E-state index in [1.165, 1.54) is 23.5 Å². The monoisotopic (exact) mass is 428 g/mol. The third-order valence-corrected chi connectivity index (χ3v) is 6.81. The number of carbonyl (C=O) groups is 2. The van der Waals surface area contributed by atoms with E-state index in [-0.39, 0.29) is 23.5 Å². The largest absolute Gasteiger partial charge is 0.337 e. The molecule has 1 aromatic carbocycles. The van der Waals surface area contributed by atoms with Crippen molar-refractivity contribution in [1.29, 1.82) is 0 Å². The Morgan fingerprint density at radius 2 is 1.83 bits per heavy atom. The van der Waals surface area contributed by atoms with Crippen LogP contribution in [0.5, 0.6) is 0 Å². The average Bonchev–Trinajstić information content (AvgIpc) is 3.46. The molecule has 0 aliphatic carbocycles. The number of benzene rings is 1. The number of piperidine rings is 1. The Bertz CT molecular complexity index is 955. The Labute approximate surface area is 177 Å². The van der Waals surface area contributed by atoms with Crippen molar-refractivity contribution in [2.75, 3.05) is 18.0 Å². The van der Waals surface area contributed by atoms with Crippen LogP contribution < -0.4 is 4.90 Å². The van der Waals surface area contributed by atoms with E-state index in [0.29, 0.717) is 30.2 Å². The molecule has 29 heavy (non-hydrogen) atoms. The van der Waals surface area contributed by atoms with Gasteiger partial charge in [-0.1, -0.05) is 12.1 Å². The summed E-state index contributed by atoms with van der Waals surface area (Å²) in [6, 6.07) is 13.6. The number of nitrogens with zero attached hydrogens (tertiary/aromatic N) is 2. The van der Waals surface area contributed by atoms with Gasteiger partial charge in [0.2, 0.25) is 5.91 Å². The molecular weight excluding hydrogens is 407 g/mol. The molecule has 3 aromatic rings. The summed E-state index contributed by atoms with van der Waals surface area (Å²) in [5, 5.41) is 3.86. The van der Waals surface area contributed by atoms with Crippen LogP contribution in [-0.2, 0) is 11.3 Å². The zero-order chi connectivity index (χ0) is 20.2. The summed E-state index contributed by atoms with van der Waals surface area (Å²) < 4.78 is 13.4. The molecule has 3 heterocycles. The first-order chi connectivity index (χ1) is 14.1. The fraction of sp³-hybridized carbons (Fsp3) is 0.273. The third-order valence-electron chi connectivity index (χ3n) is 5.09. The van der Waals surface area contributed by atoms with Crippen LogP contribution in [0.15, 0.2) is 59.3 Å². The maximum atomic E-state index is 13.5. The summed E-state index contributed by atoms with van der Waals surface area (Å²) in [7, 11) is 0. The lowest BCUT2D eigenvalue weighted by atomic mass is 9.96. The molecule has 1 aliphatic heterocycles. The molecule has 0 N–H and O–H groups in total. The van der Waals surface area contributed by atoms with Gasteiger partial charge in [0.25, 0.3) is 5.91 Å². The Balaban J connectivity index is 1.54. The van der Waals surface area contributed by atoms with Gasteiger partial charge in [-0.2, -0.15) is 0 Å². The molecule has 0 radical (unpaired) electrons. The number of carbonyl (C=O) groups excluding carboxylic acids is 2. The van der Waals surface area contributed by atoms with Crippen LogP contribution in [0, 0.1) is 11.7 Å². The highest BCUT2D eigenvalue weighted by Gasteiger charge is 2.32. The van der Waals surface area contributed by atoms with Gasteiger partial charge in [0, 0.05) is 23.7 Å². The number of halogens is 1. The number of amides is 2. The van der Waals surface area contributed by atoms with Crippen LogP contribution in [0.1, 0.15) is 27.4 Å². The molecule has 4 rings (SSSR count). The smallest absolute Gasteiger partial charge is 0.263 e. The summed E-state index contributed by atoms with van der Waals surface area (Å²) in [5.41, 5.74) is 0.673. The molecule has 1 atom stereocenters. The van der Waals surface area contributed by atoms with E-state index in [1.807, 2.05) is 35.0 Å². The van der Waals surface area contributed by atoms with Crippen molar-refractivity contribution in [2.45, 2.75) is 19.4 Å². The van der Waals surface area contributed by atoms with E-state index in [2.05, 4.69) is 0 Å². The van der Waals surface area contributed by atoms with Crippen LogP contribution in [0.2, 0.25) is 0 Å². The van der Waals surface area contributed by atoms with Gasteiger partial charge in [0.05, 0.1) is 17.3 Å². The number of hydrogen-bond donors (Lipinski definition) is 0. The highest BCUT2D eigenvalue weighted by molar-refractivity contribution is 7.12. The molecule has 1 unspecified atom stereocenters. The Morgan fingerprint density at radius 1 is 1.07 bits per heavy atom. The van der Waals surface area contributed by atoms with Gasteiger partial charge >= 0.3 is 0 Å².